The third-order valence-corrected chi connectivity index (χ3v) is 3.96. The molecule has 0 unspecified atom stereocenters. The fourth-order valence-corrected chi connectivity index (χ4v) is 1.28. The molecule has 1 fully saturated rings. The van der Waals surface area contributed by atoms with Gasteiger partial charge < -0.3 is 8.23 Å². The zero-order valence-corrected chi connectivity index (χ0v) is 5.14. The van der Waals surface area contributed by atoms with Gasteiger partial charge in [-0.1, -0.05) is 0 Å². The monoisotopic (exact) mass is 104 g/mol. The average molecular weight is 104 g/mol. The maximum Gasteiger partial charge on any atom is 0.445 e. The zero-order valence-electron chi connectivity index (χ0n) is 2.73. The van der Waals surface area contributed by atoms with Crippen molar-refractivity contribution in [2.24, 2.45) is 0 Å². The average Bonchev–Trinajstić information content (AvgIpc) is 1.30. The van der Waals surface area contributed by atoms with Gasteiger partial charge in [-0.25, -0.2) is 0 Å². The summed E-state index contributed by atoms with van der Waals surface area (Å²) < 4.78 is 9.68. The van der Waals surface area contributed by atoms with Gasteiger partial charge in [0.05, 0.1) is 0 Å². The zero-order chi connectivity index (χ0) is 3.70. The van der Waals surface area contributed by atoms with E-state index in [4.69, 9.17) is 8.23 Å². The van der Waals surface area contributed by atoms with Crippen molar-refractivity contribution >= 4 is 25.1 Å². The van der Waals surface area contributed by atoms with Crippen LogP contribution in [0, 0.1) is 0 Å². The van der Waals surface area contributed by atoms with E-state index in [-0.39, 0.29) is 0 Å². The third-order valence-electron chi connectivity index (χ3n) is 0.440. The van der Waals surface area contributed by atoms with E-state index >= 15 is 0 Å². The normalized spacial score (nSPS) is 18.8. The Balaban J connectivity index is 2.32. The first kappa shape index (κ1) is 3.11. The smallest absolute Gasteiger partial charge is 0.445 e. The summed E-state index contributed by atoms with van der Waals surface area (Å²) in [6.45, 7) is 0. The van der Waals surface area contributed by atoms with Crippen molar-refractivity contribution in [3.63, 3.8) is 0 Å². The van der Waals surface area contributed by atoms with E-state index in [0.29, 0.717) is 0 Å². The second-order valence-corrected chi connectivity index (χ2v) is 4.07. The lowest BCUT2D eigenvalue weighted by Crippen LogP contribution is -2.30. The van der Waals surface area contributed by atoms with Gasteiger partial charge in [-0.2, -0.15) is 0 Å². The maximum absolute atomic E-state index is 4.84. The van der Waals surface area contributed by atoms with Gasteiger partial charge in [0.25, 0.3) is 0 Å². The Morgan fingerprint density at radius 1 is 1.60 bits per heavy atom. The van der Waals surface area contributed by atoms with Crippen LogP contribution in [-0.4, -0.2) is 25.1 Å². The quantitative estimate of drug-likeness (QED) is 0.349. The van der Waals surface area contributed by atoms with Gasteiger partial charge in [0.1, 0.15) is 0 Å². The van der Waals surface area contributed by atoms with Crippen molar-refractivity contribution in [3.8, 4) is 0 Å². The van der Waals surface area contributed by atoms with Gasteiger partial charge in [0.15, 0.2) is 0 Å². The molecule has 0 aromatic rings. The molecule has 1 saturated heterocycles. The van der Waals surface area contributed by atoms with Crippen LogP contribution in [-0.2, 0) is 8.23 Å². The molecule has 0 N–H and O–H groups in total. The van der Waals surface area contributed by atoms with Crippen molar-refractivity contribution in [3.05, 3.63) is 0 Å². The van der Waals surface area contributed by atoms with Gasteiger partial charge in [-0.15, -0.1) is 0 Å². The van der Waals surface area contributed by atoms with Crippen LogP contribution in [0.25, 0.3) is 0 Å². The van der Waals surface area contributed by atoms with Crippen molar-refractivity contribution in [1.29, 1.82) is 0 Å². The minimum atomic E-state index is -0.882. The van der Waals surface area contributed by atoms with Crippen molar-refractivity contribution in [2.75, 3.05) is 0 Å². The molecule has 1 rings (SSSR count). The fourth-order valence-electron chi connectivity index (χ4n) is 0.142. The molecule has 2 nitrogen and oxygen atoms in total. The summed E-state index contributed by atoms with van der Waals surface area (Å²) in [6.07, 6.45) is 3.54. The molecule has 1 heterocycles. The SMILES string of the molecule is C=[Si]1O[SiH2]O1. The lowest BCUT2D eigenvalue weighted by atomic mass is 12.0. The topological polar surface area (TPSA) is 18.5 Å². The van der Waals surface area contributed by atoms with Crippen LogP contribution in [0.4, 0.5) is 0 Å². The van der Waals surface area contributed by atoms with Gasteiger partial charge in [0, 0.05) is 0 Å². The van der Waals surface area contributed by atoms with E-state index in [0.717, 1.165) is 0 Å². The van der Waals surface area contributed by atoms with Crippen molar-refractivity contribution in [2.45, 2.75) is 0 Å². The Morgan fingerprint density at radius 2 is 2.00 bits per heavy atom. The standard InChI is InChI=1S/CH4O2Si2/c1-5-2-4-3-5/h1,4H2. The van der Waals surface area contributed by atoms with Crippen LogP contribution in [0.2, 0.25) is 0 Å². The lowest BCUT2D eigenvalue weighted by molar-refractivity contribution is 0.340. The Morgan fingerprint density at radius 3 is 2.00 bits per heavy atom. The van der Waals surface area contributed by atoms with Crippen LogP contribution < -0.4 is 0 Å². The summed E-state index contributed by atoms with van der Waals surface area (Å²) in [5, 5.41) is 0. The molecule has 0 amide bonds. The first-order valence-electron chi connectivity index (χ1n) is 1.34. The van der Waals surface area contributed by atoms with Gasteiger partial charge in [-0.05, 0) is 6.17 Å². The molecule has 0 bridgehead atoms. The van der Waals surface area contributed by atoms with Gasteiger partial charge in [0.2, 0.25) is 0 Å². The number of hydrogen-bond donors (Lipinski definition) is 0. The Kier molecular flexibility index (Phi) is 0.587. The second kappa shape index (κ2) is 0.944. The Labute approximate surface area is 34.2 Å². The van der Waals surface area contributed by atoms with Crippen LogP contribution in [0.1, 0.15) is 0 Å². The van der Waals surface area contributed by atoms with Crippen LogP contribution >= 0.6 is 0 Å². The van der Waals surface area contributed by atoms with E-state index in [2.05, 4.69) is 6.17 Å². The molecule has 28 valence electrons. The van der Waals surface area contributed by atoms with Gasteiger partial charge in [-0.3, -0.25) is 0 Å². The predicted octanol–water partition coefficient (Wildman–Crippen LogP) is -1.47. The summed E-state index contributed by atoms with van der Waals surface area (Å²) in [6, 6.07) is 0. The third kappa shape index (κ3) is 0.406. The molecule has 1 aliphatic rings. The molecular formula is CH4O2Si2. The molecule has 0 radical (unpaired) electrons. The number of rotatable bonds is 0. The highest BCUT2D eigenvalue weighted by molar-refractivity contribution is 6.66. The van der Waals surface area contributed by atoms with E-state index in [1.165, 1.54) is 0 Å². The van der Waals surface area contributed by atoms with E-state index < -0.39 is 18.9 Å². The van der Waals surface area contributed by atoms with Gasteiger partial charge >= 0.3 is 18.9 Å². The molecule has 1 aliphatic heterocycles. The lowest BCUT2D eigenvalue weighted by Gasteiger charge is -2.17. The molecular weight excluding hydrogens is 100 g/mol. The first-order valence-corrected chi connectivity index (χ1v) is 4.02. The molecule has 0 aromatic carbocycles. The summed E-state index contributed by atoms with van der Waals surface area (Å²) in [5.41, 5.74) is 0. The molecule has 0 spiro atoms. The van der Waals surface area contributed by atoms with Crippen molar-refractivity contribution < 1.29 is 8.23 Å². The summed E-state index contributed by atoms with van der Waals surface area (Å²) in [4.78, 5) is 0. The summed E-state index contributed by atoms with van der Waals surface area (Å²) in [5.74, 6) is 0. The van der Waals surface area contributed by atoms with Crippen LogP contribution in [0.3, 0.4) is 0 Å². The summed E-state index contributed by atoms with van der Waals surface area (Å²) in [7, 11) is -1.34. The van der Waals surface area contributed by atoms with E-state index in [1.807, 2.05) is 0 Å². The molecule has 0 aliphatic carbocycles. The molecule has 4 heteroatoms. The maximum atomic E-state index is 4.84. The molecule has 0 aromatic heterocycles. The fraction of sp³-hybridized carbons (Fsp3) is 0. The highest BCUT2D eigenvalue weighted by Crippen LogP contribution is 1.84. The predicted molar refractivity (Wildman–Crippen MR) is 23.6 cm³/mol. The van der Waals surface area contributed by atoms with Crippen LogP contribution in [0.5, 0.6) is 0 Å². The van der Waals surface area contributed by atoms with Crippen LogP contribution in [0.15, 0.2) is 0 Å². The summed E-state index contributed by atoms with van der Waals surface area (Å²) >= 11 is 0. The minimum absolute atomic E-state index is 0.460. The van der Waals surface area contributed by atoms with Crippen molar-refractivity contribution in [1.82, 2.24) is 0 Å². The molecule has 0 saturated carbocycles. The highest BCUT2D eigenvalue weighted by atomic mass is 28.4. The Bertz CT molecular complexity index is 54.7. The largest absolute Gasteiger partial charge is 0.556 e. The molecule has 0 atom stereocenters. The van der Waals surface area contributed by atoms with E-state index in [1.54, 1.807) is 0 Å². The highest BCUT2D eigenvalue weighted by Gasteiger charge is 2.08. The minimum Gasteiger partial charge on any atom is -0.556 e. The second-order valence-electron chi connectivity index (χ2n) is 0.779. The van der Waals surface area contributed by atoms with E-state index in [9.17, 15) is 0 Å². The first-order chi connectivity index (χ1) is 2.39. The Hall–Kier alpha value is -0.0962. The number of hydrogen-bond acceptors (Lipinski definition) is 2. The molecule has 5 heavy (non-hydrogen) atoms.